The van der Waals surface area contributed by atoms with Crippen LogP contribution in [0.2, 0.25) is 0 Å². The molecule has 0 bridgehead atoms. The second-order valence-corrected chi connectivity index (χ2v) is 11.8. The van der Waals surface area contributed by atoms with E-state index in [2.05, 4.69) is 6.92 Å². The maximum Gasteiger partial charge on any atom is 0.256 e. The van der Waals surface area contributed by atoms with Gasteiger partial charge in [0.05, 0.1) is 12.0 Å². The van der Waals surface area contributed by atoms with E-state index in [1.54, 1.807) is 0 Å². The SMILES string of the molecule is CC1CCC(C2CCC(C3CC(F)C(C(F)(F)CC4CC(F)C(F)C(F)C4)C(F)C3)CC2)OC1. The van der Waals surface area contributed by atoms with Gasteiger partial charge in [-0.15, -0.1) is 0 Å². The predicted octanol–water partition coefficient (Wildman–Crippen LogP) is 7.76. The molecule has 3 saturated carbocycles. The smallest absolute Gasteiger partial charge is 0.256 e. The number of ether oxygens (including phenoxy) is 1. The second kappa shape index (κ2) is 10.8. The molecule has 6 atom stereocenters. The lowest BCUT2D eigenvalue weighted by Gasteiger charge is -2.44. The number of halogens is 7. The summed E-state index contributed by atoms with van der Waals surface area (Å²) >= 11 is 0. The summed E-state index contributed by atoms with van der Waals surface area (Å²) in [6.07, 6.45) is -6.83. The average molecular weight is 501 g/mol. The summed E-state index contributed by atoms with van der Waals surface area (Å²) in [5.74, 6) is -6.03. The topological polar surface area (TPSA) is 9.23 Å². The minimum atomic E-state index is -3.72. The van der Waals surface area contributed by atoms with Crippen molar-refractivity contribution >= 4 is 0 Å². The first-order valence-electron chi connectivity index (χ1n) is 13.2. The van der Waals surface area contributed by atoms with E-state index in [1.807, 2.05) is 0 Å². The summed E-state index contributed by atoms with van der Waals surface area (Å²) in [5, 5.41) is 0. The van der Waals surface area contributed by atoms with Gasteiger partial charge in [-0.2, -0.15) is 0 Å². The minimum Gasteiger partial charge on any atom is -0.378 e. The zero-order chi connectivity index (χ0) is 24.6. The molecular weight excluding hydrogens is 461 g/mol. The highest BCUT2D eigenvalue weighted by molar-refractivity contribution is 4.99. The number of hydrogen-bond donors (Lipinski definition) is 0. The van der Waals surface area contributed by atoms with Crippen molar-refractivity contribution in [2.24, 2.45) is 35.5 Å². The fourth-order valence-corrected chi connectivity index (χ4v) is 7.28. The Hall–Kier alpha value is -0.530. The quantitative estimate of drug-likeness (QED) is 0.351. The summed E-state index contributed by atoms with van der Waals surface area (Å²) < 4.78 is 107. The predicted molar refractivity (Wildman–Crippen MR) is 117 cm³/mol. The highest BCUT2D eigenvalue weighted by atomic mass is 19.3. The monoisotopic (exact) mass is 500 g/mol. The van der Waals surface area contributed by atoms with Crippen LogP contribution < -0.4 is 0 Å². The van der Waals surface area contributed by atoms with Gasteiger partial charge < -0.3 is 4.74 Å². The average Bonchev–Trinajstić information content (AvgIpc) is 2.77. The molecule has 0 N–H and O–H groups in total. The van der Waals surface area contributed by atoms with Gasteiger partial charge in [0, 0.05) is 13.0 Å². The molecule has 0 aromatic rings. The lowest BCUT2D eigenvalue weighted by Crippen LogP contribution is -2.49. The Bertz CT molecular complexity index is 623. The zero-order valence-electron chi connectivity index (χ0n) is 20.0. The lowest BCUT2D eigenvalue weighted by atomic mass is 9.65. The third-order valence-corrected chi connectivity index (χ3v) is 9.24. The van der Waals surface area contributed by atoms with Gasteiger partial charge in [0.25, 0.3) is 5.92 Å². The Morgan fingerprint density at radius 1 is 0.676 bits per heavy atom. The molecule has 0 spiro atoms. The van der Waals surface area contributed by atoms with E-state index in [-0.39, 0.29) is 30.8 Å². The van der Waals surface area contributed by atoms with E-state index >= 15 is 8.78 Å². The normalized spacial score (nSPS) is 49.1. The zero-order valence-corrected chi connectivity index (χ0v) is 20.0. The third kappa shape index (κ3) is 5.88. The molecule has 1 heterocycles. The fourth-order valence-electron chi connectivity index (χ4n) is 7.28. The Labute approximate surface area is 198 Å². The lowest BCUT2D eigenvalue weighted by molar-refractivity contribution is -0.155. The maximum atomic E-state index is 15.0. The molecule has 198 valence electrons. The highest BCUT2D eigenvalue weighted by Gasteiger charge is 2.55. The highest BCUT2D eigenvalue weighted by Crippen LogP contribution is 2.50. The van der Waals surface area contributed by atoms with Crippen molar-refractivity contribution in [1.29, 1.82) is 0 Å². The van der Waals surface area contributed by atoms with Gasteiger partial charge in [0.15, 0.2) is 6.17 Å². The van der Waals surface area contributed by atoms with Crippen LogP contribution in [0.3, 0.4) is 0 Å². The van der Waals surface area contributed by atoms with E-state index in [1.165, 1.54) is 0 Å². The summed E-state index contributed by atoms with van der Waals surface area (Å²) in [6, 6.07) is 0. The third-order valence-electron chi connectivity index (χ3n) is 9.24. The van der Waals surface area contributed by atoms with Crippen molar-refractivity contribution in [1.82, 2.24) is 0 Å². The van der Waals surface area contributed by atoms with E-state index in [9.17, 15) is 22.0 Å². The Balaban J connectivity index is 1.29. The molecule has 0 aromatic carbocycles. The summed E-state index contributed by atoms with van der Waals surface area (Å²) in [4.78, 5) is 0. The van der Waals surface area contributed by atoms with Gasteiger partial charge in [0.1, 0.15) is 24.7 Å². The molecule has 8 heteroatoms. The standard InChI is InChI=1S/C26H39F7O/c1-14-2-7-23(34-13-14)17-5-3-16(4-6-17)18-10-19(27)24(20(28)11-18)26(32,33)12-15-8-21(29)25(31)22(30)9-15/h14-25H,2-13H2,1H3. The van der Waals surface area contributed by atoms with E-state index in [0.29, 0.717) is 11.8 Å². The van der Waals surface area contributed by atoms with Gasteiger partial charge in [-0.25, -0.2) is 30.7 Å². The van der Waals surface area contributed by atoms with Crippen LogP contribution in [0.15, 0.2) is 0 Å². The molecule has 4 rings (SSSR count). The van der Waals surface area contributed by atoms with Crippen molar-refractivity contribution in [2.45, 2.75) is 120 Å². The summed E-state index contributed by atoms with van der Waals surface area (Å²) in [7, 11) is 0. The van der Waals surface area contributed by atoms with Crippen LogP contribution >= 0.6 is 0 Å². The largest absolute Gasteiger partial charge is 0.378 e. The number of alkyl halides is 7. The molecule has 3 aliphatic carbocycles. The molecule has 0 aromatic heterocycles. The van der Waals surface area contributed by atoms with Gasteiger partial charge in [0.2, 0.25) is 0 Å². The van der Waals surface area contributed by atoms with Gasteiger partial charge in [-0.05, 0) is 93.8 Å². The van der Waals surface area contributed by atoms with Crippen LogP contribution in [0.5, 0.6) is 0 Å². The van der Waals surface area contributed by atoms with Crippen LogP contribution in [-0.4, -0.2) is 49.5 Å². The van der Waals surface area contributed by atoms with Gasteiger partial charge in [-0.1, -0.05) is 6.92 Å². The minimum absolute atomic E-state index is 0.0951. The Morgan fingerprint density at radius 2 is 1.24 bits per heavy atom. The van der Waals surface area contributed by atoms with Crippen molar-refractivity contribution in [3.05, 3.63) is 0 Å². The molecule has 1 aliphatic heterocycles. The van der Waals surface area contributed by atoms with E-state index < -0.39 is 67.9 Å². The van der Waals surface area contributed by atoms with Crippen molar-refractivity contribution in [2.75, 3.05) is 6.61 Å². The van der Waals surface area contributed by atoms with Crippen molar-refractivity contribution in [3.63, 3.8) is 0 Å². The van der Waals surface area contributed by atoms with E-state index in [4.69, 9.17) is 4.74 Å². The summed E-state index contributed by atoms with van der Waals surface area (Å²) in [5.41, 5.74) is 0. The molecule has 4 aliphatic rings. The van der Waals surface area contributed by atoms with Crippen LogP contribution in [0.1, 0.15) is 77.6 Å². The fraction of sp³-hybridized carbons (Fsp3) is 1.00. The Morgan fingerprint density at radius 3 is 1.76 bits per heavy atom. The second-order valence-electron chi connectivity index (χ2n) is 11.8. The van der Waals surface area contributed by atoms with Crippen LogP contribution in [0.25, 0.3) is 0 Å². The molecule has 4 fully saturated rings. The van der Waals surface area contributed by atoms with Crippen molar-refractivity contribution in [3.8, 4) is 0 Å². The molecule has 1 nitrogen and oxygen atoms in total. The molecular formula is C26H39F7O. The maximum absolute atomic E-state index is 15.0. The first kappa shape index (κ1) is 26.5. The molecule has 1 saturated heterocycles. The number of hydrogen-bond acceptors (Lipinski definition) is 1. The first-order valence-corrected chi connectivity index (χ1v) is 13.2. The first-order chi connectivity index (χ1) is 16.0. The number of rotatable bonds is 5. The summed E-state index contributed by atoms with van der Waals surface area (Å²) in [6.45, 7) is 2.96. The van der Waals surface area contributed by atoms with Crippen LogP contribution in [-0.2, 0) is 4.74 Å². The van der Waals surface area contributed by atoms with Gasteiger partial charge >= 0.3 is 0 Å². The molecule has 0 amide bonds. The molecule has 0 radical (unpaired) electrons. The van der Waals surface area contributed by atoms with Crippen LogP contribution in [0, 0.1) is 35.5 Å². The van der Waals surface area contributed by atoms with Gasteiger partial charge in [-0.3, -0.25) is 0 Å². The molecule has 6 unspecified atom stereocenters. The van der Waals surface area contributed by atoms with E-state index in [0.717, 1.165) is 45.1 Å². The van der Waals surface area contributed by atoms with Crippen LogP contribution in [0.4, 0.5) is 30.7 Å². The van der Waals surface area contributed by atoms with Crippen molar-refractivity contribution < 1.29 is 35.5 Å². The Kier molecular flexibility index (Phi) is 8.46. The molecule has 34 heavy (non-hydrogen) atoms.